The number of carbonyl (C=O) groups excluding carboxylic acids is 2. The van der Waals surface area contributed by atoms with Crippen LogP contribution in [-0.4, -0.2) is 43.8 Å². The summed E-state index contributed by atoms with van der Waals surface area (Å²) in [5.41, 5.74) is 2.06. The van der Waals surface area contributed by atoms with Gasteiger partial charge in [0.15, 0.2) is 0 Å². The van der Waals surface area contributed by atoms with Gasteiger partial charge in [-0.25, -0.2) is 5.84 Å². The largest absolute Gasteiger partial charge is 0.497 e. The van der Waals surface area contributed by atoms with Crippen LogP contribution in [0.25, 0.3) is 0 Å². The molecule has 1 aromatic rings. The van der Waals surface area contributed by atoms with Gasteiger partial charge in [-0.2, -0.15) is 0 Å². The second kappa shape index (κ2) is 7.31. The van der Waals surface area contributed by atoms with Crippen LogP contribution in [0.3, 0.4) is 0 Å². The molecule has 0 radical (unpaired) electrons. The zero-order valence-electron chi connectivity index (χ0n) is 11.2. The van der Waals surface area contributed by atoms with Crippen LogP contribution >= 0.6 is 0 Å². The number of aliphatic hydroxyl groups excluding tert-OH is 1. The van der Waals surface area contributed by atoms with Crippen LogP contribution in [-0.2, 0) is 4.79 Å². The molecule has 0 bridgehead atoms. The number of hydrazine groups is 1. The standard InChI is InChI=1S/C12H17N3O5/c1-19-7-3-4-8(10(5-7)20-2)11(17)14-9(6-16)12(18)15-13/h3-5,9,16H,6,13H2,1-2H3,(H,14,17)(H,15,18)/t9-/m0/s1. The molecule has 1 rings (SSSR count). The Kier molecular flexibility index (Phi) is 5.75. The molecule has 20 heavy (non-hydrogen) atoms. The lowest BCUT2D eigenvalue weighted by molar-refractivity contribution is -0.123. The molecule has 0 aliphatic rings. The molecule has 8 heteroatoms. The minimum atomic E-state index is -1.14. The molecule has 2 amide bonds. The average Bonchev–Trinajstić information content (AvgIpc) is 2.50. The lowest BCUT2D eigenvalue weighted by Crippen LogP contribution is -2.50. The molecule has 0 fully saturated rings. The van der Waals surface area contributed by atoms with Gasteiger partial charge in [-0.05, 0) is 12.1 Å². The first-order valence-corrected chi connectivity index (χ1v) is 5.71. The molecule has 0 unspecified atom stereocenters. The number of amides is 2. The zero-order valence-corrected chi connectivity index (χ0v) is 11.2. The van der Waals surface area contributed by atoms with Crippen molar-refractivity contribution in [1.82, 2.24) is 10.7 Å². The fourth-order valence-corrected chi connectivity index (χ4v) is 1.52. The maximum atomic E-state index is 12.0. The highest BCUT2D eigenvalue weighted by Gasteiger charge is 2.21. The van der Waals surface area contributed by atoms with Crippen molar-refractivity contribution in [2.24, 2.45) is 5.84 Å². The summed E-state index contributed by atoms with van der Waals surface area (Å²) in [7, 11) is 2.89. The number of ether oxygens (including phenoxy) is 2. The summed E-state index contributed by atoms with van der Waals surface area (Å²) in [6.45, 7) is -0.576. The summed E-state index contributed by atoms with van der Waals surface area (Å²) >= 11 is 0. The Morgan fingerprint density at radius 3 is 2.55 bits per heavy atom. The van der Waals surface area contributed by atoms with Gasteiger partial charge >= 0.3 is 0 Å². The summed E-state index contributed by atoms with van der Waals surface area (Å²) < 4.78 is 10.1. The van der Waals surface area contributed by atoms with Gasteiger partial charge in [0.2, 0.25) is 0 Å². The van der Waals surface area contributed by atoms with Crippen molar-refractivity contribution in [3.05, 3.63) is 23.8 Å². The van der Waals surface area contributed by atoms with E-state index in [1.165, 1.54) is 26.4 Å². The third-order valence-electron chi connectivity index (χ3n) is 2.60. The third-order valence-corrected chi connectivity index (χ3v) is 2.60. The van der Waals surface area contributed by atoms with Crippen LogP contribution in [0, 0.1) is 0 Å². The van der Waals surface area contributed by atoms with E-state index >= 15 is 0 Å². The molecule has 1 aromatic carbocycles. The number of nitrogens with one attached hydrogen (secondary N) is 2. The van der Waals surface area contributed by atoms with Gasteiger partial charge in [0.05, 0.1) is 26.4 Å². The van der Waals surface area contributed by atoms with Crippen molar-refractivity contribution < 1.29 is 24.2 Å². The highest BCUT2D eigenvalue weighted by Crippen LogP contribution is 2.24. The number of carbonyl (C=O) groups is 2. The van der Waals surface area contributed by atoms with Gasteiger partial charge in [0.1, 0.15) is 17.5 Å². The molecule has 0 aliphatic heterocycles. The van der Waals surface area contributed by atoms with Crippen LogP contribution in [0.15, 0.2) is 18.2 Å². The van der Waals surface area contributed by atoms with E-state index in [0.29, 0.717) is 5.75 Å². The van der Waals surface area contributed by atoms with Gasteiger partial charge in [-0.1, -0.05) is 0 Å². The number of hydrogen-bond donors (Lipinski definition) is 4. The second-order valence-electron chi connectivity index (χ2n) is 3.78. The first-order chi connectivity index (χ1) is 9.57. The Morgan fingerprint density at radius 1 is 1.35 bits per heavy atom. The Morgan fingerprint density at radius 2 is 2.05 bits per heavy atom. The fraction of sp³-hybridized carbons (Fsp3) is 0.333. The average molecular weight is 283 g/mol. The van der Waals surface area contributed by atoms with Crippen molar-refractivity contribution in [2.75, 3.05) is 20.8 Å². The van der Waals surface area contributed by atoms with Gasteiger partial charge in [0.25, 0.3) is 11.8 Å². The summed E-state index contributed by atoms with van der Waals surface area (Å²) in [6, 6.07) is 3.46. The molecule has 0 saturated carbocycles. The van der Waals surface area contributed by atoms with Crippen molar-refractivity contribution >= 4 is 11.8 Å². The normalized spacial score (nSPS) is 11.4. The van der Waals surface area contributed by atoms with Crippen molar-refractivity contribution in [3.8, 4) is 11.5 Å². The Hall–Kier alpha value is -2.32. The van der Waals surface area contributed by atoms with Gasteiger partial charge in [0, 0.05) is 6.07 Å². The van der Waals surface area contributed by atoms with Gasteiger partial charge < -0.3 is 19.9 Å². The SMILES string of the molecule is COc1ccc(C(=O)N[C@@H](CO)C(=O)NN)c(OC)c1. The summed E-state index contributed by atoms with van der Waals surface area (Å²) in [4.78, 5) is 23.4. The van der Waals surface area contributed by atoms with E-state index in [9.17, 15) is 9.59 Å². The first kappa shape index (κ1) is 15.7. The van der Waals surface area contributed by atoms with Crippen molar-refractivity contribution in [2.45, 2.75) is 6.04 Å². The van der Waals surface area contributed by atoms with E-state index in [1.54, 1.807) is 6.07 Å². The molecule has 110 valence electrons. The van der Waals surface area contributed by atoms with E-state index in [4.69, 9.17) is 20.4 Å². The second-order valence-corrected chi connectivity index (χ2v) is 3.78. The Bertz CT molecular complexity index is 492. The first-order valence-electron chi connectivity index (χ1n) is 5.71. The van der Waals surface area contributed by atoms with Gasteiger partial charge in [-0.15, -0.1) is 0 Å². The Labute approximate surface area is 115 Å². The van der Waals surface area contributed by atoms with E-state index in [0.717, 1.165) is 0 Å². The molecule has 0 aliphatic carbocycles. The highest BCUT2D eigenvalue weighted by molar-refractivity contribution is 5.99. The van der Waals surface area contributed by atoms with E-state index in [-0.39, 0.29) is 11.3 Å². The number of methoxy groups -OCH3 is 2. The summed E-state index contributed by atoms with van der Waals surface area (Å²) in [6.07, 6.45) is 0. The number of aliphatic hydroxyl groups is 1. The number of benzene rings is 1. The molecular weight excluding hydrogens is 266 g/mol. The Balaban J connectivity index is 2.94. The molecule has 0 aromatic heterocycles. The molecule has 8 nitrogen and oxygen atoms in total. The van der Waals surface area contributed by atoms with E-state index < -0.39 is 24.5 Å². The predicted octanol–water partition coefficient (Wildman–Crippen LogP) is -1.22. The van der Waals surface area contributed by atoms with E-state index in [2.05, 4.69) is 5.32 Å². The molecule has 0 heterocycles. The minimum Gasteiger partial charge on any atom is -0.497 e. The van der Waals surface area contributed by atoms with Crippen molar-refractivity contribution in [3.63, 3.8) is 0 Å². The lowest BCUT2D eigenvalue weighted by atomic mass is 10.1. The molecule has 5 N–H and O–H groups in total. The molecule has 0 spiro atoms. The van der Waals surface area contributed by atoms with Crippen LogP contribution in [0.1, 0.15) is 10.4 Å². The summed E-state index contributed by atoms with van der Waals surface area (Å²) in [5.74, 6) is 4.49. The zero-order chi connectivity index (χ0) is 15.1. The third kappa shape index (κ3) is 3.59. The molecule has 1 atom stereocenters. The maximum absolute atomic E-state index is 12.0. The van der Waals surface area contributed by atoms with Crippen LogP contribution < -0.4 is 26.1 Å². The smallest absolute Gasteiger partial charge is 0.258 e. The summed E-state index contributed by atoms with van der Waals surface area (Å²) in [5, 5.41) is 11.4. The monoisotopic (exact) mass is 283 g/mol. The quantitative estimate of drug-likeness (QED) is 0.295. The van der Waals surface area contributed by atoms with Crippen LogP contribution in [0.2, 0.25) is 0 Å². The van der Waals surface area contributed by atoms with Crippen molar-refractivity contribution in [1.29, 1.82) is 0 Å². The number of rotatable bonds is 6. The predicted molar refractivity (Wildman–Crippen MR) is 70.2 cm³/mol. The number of hydrogen-bond acceptors (Lipinski definition) is 6. The number of nitrogens with two attached hydrogens (primary N) is 1. The van der Waals surface area contributed by atoms with Gasteiger partial charge in [-0.3, -0.25) is 15.0 Å². The topological polar surface area (TPSA) is 123 Å². The van der Waals surface area contributed by atoms with Crippen LogP contribution in [0.4, 0.5) is 0 Å². The van der Waals surface area contributed by atoms with E-state index in [1.807, 2.05) is 5.43 Å². The fourth-order valence-electron chi connectivity index (χ4n) is 1.52. The highest BCUT2D eigenvalue weighted by atomic mass is 16.5. The molecular formula is C12H17N3O5. The maximum Gasteiger partial charge on any atom is 0.258 e. The van der Waals surface area contributed by atoms with Crippen LogP contribution in [0.5, 0.6) is 11.5 Å². The minimum absolute atomic E-state index is 0.205. The lowest BCUT2D eigenvalue weighted by Gasteiger charge is -2.16. The molecule has 0 saturated heterocycles.